The van der Waals surface area contributed by atoms with E-state index in [-0.39, 0.29) is 16.9 Å². The first-order valence-corrected chi connectivity index (χ1v) is 7.35. The van der Waals surface area contributed by atoms with Gasteiger partial charge in [0.05, 0.1) is 5.69 Å². The van der Waals surface area contributed by atoms with Crippen molar-refractivity contribution in [3.8, 4) is 0 Å². The van der Waals surface area contributed by atoms with E-state index in [1.165, 1.54) is 25.1 Å². The van der Waals surface area contributed by atoms with Crippen molar-refractivity contribution in [3.05, 3.63) is 70.3 Å². The highest BCUT2D eigenvalue weighted by atomic mass is 19.1. The standard InChI is InChI=1S/C18H13FN2O4/c1-10(22)20-15-9-12(6-7-14(15)19)21-17(23)13-8-11-4-2-3-5-16(11)25-18(13)24/h2-9H,1H3,(H,20,22)(H,21,23). The number of carbonyl (C=O) groups is 2. The number of halogens is 1. The maximum Gasteiger partial charge on any atom is 0.349 e. The average molecular weight is 340 g/mol. The minimum Gasteiger partial charge on any atom is -0.422 e. The Bertz CT molecular complexity index is 1040. The number of hydrogen-bond donors (Lipinski definition) is 2. The lowest BCUT2D eigenvalue weighted by molar-refractivity contribution is -0.114. The molecule has 0 aliphatic rings. The van der Waals surface area contributed by atoms with Crippen LogP contribution in [0, 0.1) is 5.82 Å². The summed E-state index contributed by atoms with van der Waals surface area (Å²) in [5.41, 5.74) is -0.429. The number of benzene rings is 2. The fraction of sp³-hybridized carbons (Fsp3) is 0.0556. The van der Waals surface area contributed by atoms with Crippen LogP contribution in [-0.2, 0) is 4.79 Å². The van der Waals surface area contributed by atoms with Crippen molar-refractivity contribution in [1.29, 1.82) is 0 Å². The molecule has 0 atom stereocenters. The molecule has 2 aromatic carbocycles. The highest BCUT2D eigenvalue weighted by Crippen LogP contribution is 2.20. The van der Waals surface area contributed by atoms with Crippen LogP contribution >= 0.6 is 0 Å². The van der Waals surface area contributed by atoms with Gasteiger partial charge in [-0.3, -0.25) is 9.59 Å². The van der Waals surface area contributed by atoms with Gasteiger partial charge >= 0.3 is 5.63 Å². The maximum absolute atomic E-state index is 13.6. The summed E-state index contributed by atoms with van der Waals surface area (Å²) in [7, 11) is 0. The number of amides is 2. The van der Waals surface area contributed by atoms with Crippen LogP contribution in [0.3, 0.4) is 0 Å². The van der Waals surface area contributed by atoms with Gasteiger partial charge in [-0.05, 0) is 30.3 Å². The molecule has 6 nitrogen and oxygen atoms in total. The fourth-order valence-electron chi connectivity index (χ4n) is 2.31. The molecule has 0 radical (unpaired) electrons. The van der Waals surface area contributed by atoms with Gasteiger partial charge in [0, 0.05) is 18.0 Å². The van der Waals surface area contributed by atoms with E-state index in [4.69, 9.17) is 4.42 Å². The quantitative estimate of drug-likeness (QED) is 0.717. The van der Waals surface area contributed by atoms with Crippen LogP contribution in [0.5, 0.6) is 0 Å². The molecule has 2 amide bonds. The Labute approximate surface area is 141 Å². The number of carbonyl (C=O) groups excluding carboxylic acids is 2. The van der Waals surface area contributed by atoms with Crippen molar-refractivity contribution in [1.82, 2.24) is 0 Å². The Hall–Kier alpha value is -3.48. The zero-order valence-electron chi connectivity index (χ0n) is 13.1. The van der Waals surface area contributed by atoms with E-state index in [2.05, 4.69) is 10.6 Å². The van der Waals surface area contributed by atoms with Gasteiger partial charge in [-0.1, -0.05) is 18.2 Å². The Morgan fingerprint density at radius 1 is 1.04 bits per heavy atom. The molecule has 0 unspecified atom stereocenters. The second-order valence-corrected chi connectivity index (χ2v) is 5.32. The van der Waals surface area contributed by atoms with Crippen molar-refractivity contribution in [2.45, 2.75) is 6.92 Å². The lowest BCUT2D eigenvalue weighted by Crippen LogP contribution is -2.20. The van der Waals surface area contributed by atoms with E-state index < -0.39 is 23.3 Å². The number of nitrogens with one attached hydrogen (secondary N) is 2. The molecule has 1 heterocycles. The van der Waals surface area contributed by atoms with Gasteiger partial charge in [0.15, 0.2) is 0 Å². The Balaban J connectivity index is 1.91. The van der Waals surface area contributed by atoms with Crippen LogP contribution in [0.15, 0.2) is 57.7 Å². The Morgan fingerprint density at radius 3 is 2.56 bits per heavy atom. The predicted octanol–water partition coefficient (Wildman–Crippen LogP) is 3.14. The van der Waals surface area contributed by atoms with Gasteiger partial charge in [-0.2, -0.15) is 0 Å². The molecule has 0 spiro atoms. The number of fused-ring (bicyclic) bond motifs is 1. The molecule has 0 aliphatic heterocycles. The molecular formula is C18H13FN2O4. The van der Waals surface area contributed by atoms with E-state index >= 15 is 0 Å². The second kappa shape index (κ2) is 6.56. The van der Waals surface area contributed by atoms with Crippen LogP contribution in [0.2, 0.25) is 0 Å². The molecule has 7 heteroatoms. The van der Waals surface area contributed by atoms with E-state index in [0.717, 1.165) is 6.07 Å². The molecule has 3 rings (SSSR count). The highest BCUT2D eigenvalue weighted by Gasteiger charge is 2.15. The first kappa shape index (κ1) is 16.4. The normalized spacial score (nSPS) is 10.5. The van der Waals surface area contributed by atoms with Crippen molar-refractivity contribution >= 4 is 34.2 Å². The van der Waals surface area contributed by atoms with Crippen LogP contribution in [0.1, 0.15) is 17.3 Å². The van der Waals surface area contributed by atoms with Gasteiger partial charge in [0.1, 0.15) is 17.0 Å². The van der Waals surface area contributed by atoms with Crippen LogP contribution in [0.25, 0.3) is 11.0 Å². The summed E-state index contributed by atoms with van der Waals surface area (Å²) < 4.78 is 18.8. The molecule has 0 aliphatic carbocycles. The molecule has 0 bridgehead atoms. The third-order valence-electron chi connectivity index (χ3n) is 3.42. The van der Waals surface area contributed by atoms with E-state index in [9.17, 15) is 18.8 Å². The lowest BCUT2D eigenvalue weighted by atomic mass is 10.1. The Morgan fingerprint density at radius 2 is 1.80 bits per heavy atom. The van der Waals surface area contributed by atoms with Crippen molar-refractivity contribution in [2.24, 2.45) is 0 Å². The number of rotatable bonds is 3. The fourth-order valence-corrected chi connectivity index (χ4v) is 2.31. The van der Waals surface area contributed by atoms with E-state index in [0.29, 0.717) is 11.0 Å². The van der Waals surface area contributed by atoms with Crippen LogP contribution < -0.4 is 16.3 Å². The summed E-state index contributed by atoms with van der Waals surface area (Å²) >= 11 is 0. The van der Waals surface area contributed by atoms with Crippen LogP contribution in [-0.4, -0.2) is 11.8 Å². The SMILES string of the molecule is CC(=O)Nc1cc(NC(=O)c2cc3ccccc3oc2=O)ccc1F. The smallest absolute Gasteiger partial charge is 0.349 e. The minimum absolute atomic E-state index is 0.0733. The zero-order valence-corrected chi connectivity index (χ0v) is 13.1. The molecule has 25 heavy (non-hydrogen) atoms. The Kier molecular flexibility index (Phi) is 4.30. The van der Waals surface area contributed by atoms with Gasteiger partial charge in [0.2, 0.25) is 5.91 Å². The van der Waals surface area contributed by atoms with Gasteiger partial charge in [-0.25, -0.2) is 9.18 Å². The monoisotopic (exact) mass is 340 g/mol. The molecule has 0 saturated heterocycles. The molecule has 3 aromatic rings. The summed E-state index contributed by atoms with van der Waals surface area (Å²) in [4.78, 5) is 35.4. The van der Waals surface area contributed by atoms with Gasteiger partial charge < -0.3 is 15.1 Å². The molecule has 126 valence electrons. The summed E-state index contributed by atoms with van der Waals surface area (Å²) in [5, 5.41) is 5.41. The third kappa shape index (κ3) is 3.55. The maximum atomic E-state index is 13.6. The predicted molar refractivity (Wildman–Crippen MR) is 91.1 cm³/mol. The first-order chi connectivity index (χ1) is 11.9. The molecular weight excluding hydrogens is 327 g/mol. The molecule has 1 aromatic heterocycles. The summed E-state index contributed by atoms with van der Waals surface area (Å²) in [6, 6.07) is 11.9. The summed E-state index contributed by atoms with van der Waals surface area (Å²) in [6.07, 6.45) is 0. The minimum atomic E-state index is -0.777. The topological polar surface area (TPSA) is 88.4 Å². The average Bonchev–Trinajstić information content (AvgIpc) is 2.56. The first-order valence-electron chi connectivity index (χ1n) is 7.35. The number of anilines is 2. The summed E-state index contributed by atoms with van der Waals surface area (Å²) in [5.74, 6) is -1.78. The van der Waals surface area contributed by atoms with E-state index in [1.54, 1.807) is 24.3 Å². The van der Waals surface area contributed by atoms with Gasteiger partial charge in [-0.15, -0.1) is 0 Å². The highest BCUT2D eigenvalue weighted by molar-refractivity contribution is 6.05. The molecule has 2 N–H and O–H groups in total. The zero-order chi connectivity index (χ0) is 18.0. The summed E-state index contributed by atoms with van der Waals surface area (Å²) in [6.45, 7) is 1.24. The van der Waals surface area contributed by atoms with Crippen molar-refractivity contribution in [2.75, 3.05) is 10.6 Å². The van der Waals surface area contributed by atoms with Crippen LogP contribution in [0.4, 0.5) is 15.8 Å². The third-order valence-corrected chi connectivity index (χ3v) is 3.42. The largest absolute Gasteiger partial charge is 0.422 e. The molecule has 0 fully saturated rings. The van der Waals surface area contributed by atoms with E-state index in [1.807, 2.05) is 0 Å². The molecule has 0 saturated carbocycles. The number of para-hydroxylation sites is 1. The van der Waals surface area contributed by atoms with Crippen molar-refractivity contribution in [3.63, 3.8) is 0 Å². The second-order valence-electron chi connectivity index (χ2n) is 5.32. The lowest BCUT2D eigenvalue weighted by Gasteiger charge is -2.09. The van der Waals surface area contributed by atoms with Gasteiger partial charge in [0.25, 0.3) is 5.91 Å². The van der Waals surface area contributed by atoms with Crippen molar-refractivity contribution < 1.29 is 18.4 Å². The number of hydrogen-bond acceptors (Lipinski definition) is 4.